The Morgan fingerprint density at radius 2 is 1.89 bits per heavy atom. The molecule has 0 aliphatic carbocycles. The van der Waals surface area contributed by atoms with Crippen LogP contribution in [0.15, 0.2) is 57.7 Å². The molecule has 1 saturated heterocycles. The van der Waals surface area contributed by atoms with Crippen LogP contribution in [0.25, 0.3) is 22.1 Å². The summed E-state index contributed by atoms with van der Waals surface area (Å²) >= 11 is 0. The van der Waals surface area contributed by atoms with Crippen LogP contribution in [0.3, 0.4) is 0 Å². The van der Waals surface area contributed by atoms with Gasteiger partial charge in [0.25, 0.3) is 0 Å². The van der Waals surface area contributed by atoms with Crippen molar-refractivity contribution < 1.29 is 4.42 Å². The largest absolute Gasteiger partial charge is 0.420 e. The third-order valence-corrected chi connectivity index (χ3v) is 5.78. The molecule has 4 aromatic rings. The number of oxazole rings is 1. The number of rotatable bonds is 4. The van der Waals surface area contributed by atoms with E-state index in [2.05, 4.69) is 34.6 Å². The number of nitrogens with zero attached hydrogens (tertiary/aromatic N) is 4. The molecule has 1 aliphatic rings. The summed E-state index contributed by atoms with van der Waals surface area (Å²) in [5, 5.41) is 0. The van der Waals surface area contributed by atoms with Gasteiger partial charge >= 0.3 is 5.76 Å². The maximum absolute atomic E-state index is 12.5. The lowest BCUT2D eigenvalue weighted by atomic mass is 10.1. The van der Waals surface area contributed by atoms with E-state index < -0.39 is 0 Å². The Morgan fingerprint density at radius 1 is 1.11 bits per heavy atom. The summed E-state index contributed by atoms with van der Waals surface area (Å²) < 4.78 is 9.58. The van der Waals surface area contributed by atoms with E-state index in [-0.39, 0.29) is 11.8 Å². The molecule has 0 bridgehead atoms. The number of hydrogen-bond acceptors (Lipinski definition) is 4. The highest BCUT2D eigenvalue weighted by molar-refractivity contribution is 5.76. The van der Waals surface area contributed by atoms with Gasteiger partial charge in [-0.15, -0.1) is 0 Å². The van der Waals surface area contributed by atoms with Gasteiger partial charge in [0.05, 0.1) is 29.1 Å². The summed E-state index contributed by atoms with van der Waals surface area (Å²) in [5.74, 6) is 0.836. The van der Waals surface area contributed by atoms with Gasteiger partial charge in [-0.25, -0.2) is 9.78 Å². The van der Waals surface area contributed by atoms with Gasteiger partial charge in [0.15, 0.2) is 5.58 Å². The lowest BCUT2D eigenvalue weighted by Crippen LogP contribution is -2.39. The van der Waals surface area contributed by atoms with Crippen LogP contribution in [0.5, 0.6) is 0 Å². The van der Waals surface area contributed by atoms with Crippen LogP contribution in [0.4, 0.5) is 0 Å². The topological polar surface area (TPSA) is 56.2 Å². The molecule has 2 aromatic heterocycles. The molecule has 5 rings (SSSR count). The van der Waals surface area contributed by atoms with Crippen molar-refractivity contribution in [3.63, 3.8) is 0 Å². The van der Waals surface area contributed by atoms with Crippen molar-refractivity contribution >= 4 is 22.1 Å². The fourth-order valence-corrected chi connectivity index (χ4v) is 4.51. The average Bonchev–Trinajstić information content (AvgIpc) is 3.24. The average molecular weight is 376 g/mol. The maximum atomic E-state index is 12.5. The Bertz CT molecular complexity index is 1190. The van der Waals surface area contributed by atoms with Crippen molar-refractivity contribution in [3.8, 4) is 0 Å². The number of fused-ring (bicyclic) bond motifs is 2. The van der Waals surface area contributed by atoms with Gasteiger partial charge in [-0.2, -0.15) is 0 Å². The number of aromatic nitrogens is 3. The number of aryl methyl sites for hydroxylation is 1. The molecule has 6 nitrogen and oxygen atoms in total. The third-order valence-electron chi connectivity index (χ3n) is 5.78. The van der Waals surface area contributed by atoms with Gasteiger partial charge in [0, 0.05) is 13.1 Å². The van der Waals surface area contributed by atoms with Crippen molar-refractivity contribution in [1.29, 1.82) is 0 Å². The first-order valence-corrected chi connectivity index (χ1v) is 10.0. The van der Waals surface area contributed by atoms with Crippen LogP contribution in [0.2, 0.25) is 0 Å². The highest BCUT2D eigenvalue weighted by Gasteiger charge is 2.26. The minimum Gasteiger partial charge on any atom is -0.408 e. The molecule has 1 fully saturated rings. The van der Waals surface area contributed by atoms with Crippen molar-refractivity contribution in [2.45, 2.75) is 38.9 Å². The zero-order chi connectivity index (χ0) is 19.1. The summed E-state index contributed by atoms with van der Waals surface area (Å²) in [4.78, 5) is 19.8. The molecule has 0 saturated carbocycles. The highest BCUT2D eigenvalue weighted by atomic mass is 16.4. The molecule has 1 unspecified atom stereocenters. The number of hydrogen-bond donors (Lipinski definition) is 0. The van der Waals surface area contributed by atoms with Crippen LogP contribution < -0.4 is 5.76 Å². The van der Waals surface area contributed by atoms with Gasteiger partial charge in [0.2, 0.25) is 0 Å². The van der Waals surface area contributed by atoms with E-state index in [9.17, 15) is 4.79 Å². The standard InChI is InChI=1S/C22H24N4O2/c1-2-25-18-10-4-3-9-17(18)23-21(25)15-24-13-7-8-16(14-24)26-19-11-5-6-12-20(19)28-22(26)27/h3-6,9-12,16H,2,7-8,13-15H2,1H3. The Balaban J connectivity index is 1.44. The van der Waals surface area contributed by atoms with Gasteiger partial charge < -0.3 is 8.98 Å². The molecular formula is C22H24N4O2. The van der Waals surface area contributed by atoms with Crippen LogP contribution >= 0.6 is 0 Å². The minimum absolute atomic E-state index is 0.129. The Morgan fingerprint density at radius 3 is 2.75 bits per heavy atom. The van der Waals surface area contributed by atoms with Gasteiger partial charge in [-0.05, 0) is 50.6 Å². The zero-order valence-electron chi connectivity index (χ0n) is 16.0. The second kappa shape index (κ2) is 6.95. The fourth-order valence-electron chi connectivity index (χ4n) is 4.51. The minimum atomic E-state index is -0.256. The van der Waals surface area contributed by atoms with Crippen molar-refractivity contribution in [3.05, 3.63) is 64.9 Å². The van der Waals surface area contributed by atoms with E-state index >= 15 is 0 Å². The number of benzene rings is 2. The van der Waals surface area contributed by atoms with Crippen LogP contribution in [0, 0.1) is 0 Å². The highest BCUT2D eigenvalue weighted by Crippen LogP contribution is 2.26. The summed E-state index contributed by atoms with van der Waals surface area (Å²) in [5.41, 5.74) is 3.79. The lowest BCUT2D eigenvalue weighted by Gasteiger charge is -2.32. The van der Waals surface area contributed by atoms with Crippen molar-refractivity contribution in [1.82, 2.24) is 19.0 Å². The lowest BCUT2D eigenvalue weighted by molar-refractivity contribution is 0.163. The summed E-state index contributed by atoms with van der Waals surface area (Å²) in [6.45, 7) is 5.71. The van der Waals surface area contributed by atoms with Gasteiger partial charge in [-0.3, -0.25) is 9.47 Å². The molecule has 1 aliphatic heterocycles. The number of piperidine rings is 1. The first-order valence-electron chi connectivity index (χ1n) is 10.0. The molecule has 1 atom stereocenters. The summed E-state index contributed by atoms with van der Waals surface area (Å²) in [6.07, 6.45) is 2.05. The maximum Gasteiger partial charge on any atom is 0.420 e. The molecule has 0 N–H and O–H groups in total. The molecule has 0 amide bonds. The summed E-state index contributed by atoms with van der Waals surface area (Å²) in [6, 6.07) is 16.1. The molecule has 3 heterocycles. The second-order valence-electron chi connectivity index (χ2n) is 7.50. The number of likely N-dealkylation sites (tertiary alicyclic amines) is 1. The monoisotopic (exact) mass is 376 g/mol. The zero-order valence-corrected chi connectivity index (χ0v) is 16.0. The van der Waals surface area contributed by atoms with Crippen LogP contribution in [-0.4, -0.2) is 32.1 Å². The molecule has 28 heavy (non-hydrogen) atoms. The molecule has 0 radical (unpaired) electrons. The molecule has 144 valence electrons. The van der Waals surface area contributed by atoms with Crippen molar-refractivity contribution in [2.75, 3.05) is 13.1 Å². The predicted octanol–water partition coefficient (Wildman–Crippen LogP) is 3.80. The van der Waals surface area contributed by atoms with E-state index in [0.717, 1.165) is 55.9 Å². The van der Waals surface area contributed by atoms with Crippen molar-refractivity contribution in [2.24, 2.45) is 0 Å². The Labute approximate surface area is 163 Å². The van der Waals surface area contributed by atoms with E-state index in [4.69, 9.17) is 9.40 Å². The normalized spacial score (nSPS) is 18.2. The second-order valence-corrected chi connectivity index (χ2v) is 7.50. The number of para-hydroxylation sites is 4. The SMILES string of the molecule is CCn1c(CN2CCCC(n3c(=O)oc4ccccc43)C2)nc2ccccc21. The van der Waals surface area contributed by atoms with E-state index in [1.54, 1.807) is 0 Å². The van der Waals surface area contributed by atoms with Gasteiger partial charge in [-0.1, -0.05) is 24.3 Å². The Hall–Kier alpha value is -2.86. The third kappa shape index (κ3) is 2.85. The quantitative estimate of drug-likeness (QED) is 0.544. The molecular weight excluding hydrogens is 352 g/mol. The summed E-state index contributed by atoms with van der Waals surface area (Å²) in [7, 11) is 0. The predicted molar refractivity (Wildman–Crippen MR) is 109 cm³/mol. The smallest absolute Gasteiger partial charge is 0.408 e. The molecule has 6 heteroatoms. The first kappa shape index (κ1) is 17.3. The van der Waals surface area contributed by atoms with E-state index in [1.807, 2.05) is 34.9 Å². The fraction of sp³-hybridized carbons (Fsp3) is 0.364. The van der Waals surface area contributed by atoms with Crippen LogP contribution in [-0.2, 0) is 13.1 Å². The Kier molecular flexibility index (Phi) is 4.28. The van der Waals surface area contributed by atoms with E-state index in [1.165, 1.54) is 5.52 Å². The van der Waals surface area contributed by atoms with E-state index in [0.29, 0.717) is 5.58 Å². The van der Waals surface area contributed by atoms with Crippen LogP contribution in [0.1, 0.15) is 31.6 Å². The number of imidazole rings is 1. The molecule has 2 aromatic carbocycles. The molecule has 0 spiro atoms. The first-order chi connectivity index (χ1) is 13.7. The van der Waals surface area contributed by atoms with Gasteiger partial charge in [0.1, 0.15) is 5.82 Å².